The number of rotatable bonds is 12. The maximum absolute atomic E-state index is 12.4. The van der Waals surface area contributed by atoms with Crippen LogP contribution in [-0.4, -0.2) is 44.9 Å². The Morgan fingerprint density at radius 1 is 0.974 bits per heavy atom. The van der Waals surface area contributed by atoms with Crippen molar-refractivity contribution in [2.24, 2.45) is 0 Å². The summed E-state index contributed by atoms with van der Waals surface area (Å²) in [4.78, 5) is 12.4. The Morgan fingerprint density at radius 3 is 2.18 bits per heavy atom. The molecule has 0 spiro atoms. The Labute approximate surface area is 243 Å². The molecule has 3 aromatic rings. The lowest BCUT2D eigenvalue weighted by atomic mass is 10.00. The topological polar surface area (TPSA) is 131 Å². The third kappa shape index (κ3) is 11.1. The zero-order valence-corrected chi connectivity index (χ0v) is 24.7. The first-order valence-electron chi connectivity index (χ1n) is 12.2. The highest BCUT2D eigenvalue weighted by Gasteiger charge is 2.18. The largest absolute Gasteiger partial charge is 0.490 e. The van der Waals surface area contributed by atoms with Gasteiger partial charge in [-0.05, 0) is 79.8 Å². The van der Waals surface area contributed by atoms with Crippen molar-refractivity contribution in [3.63, 3.8) is 0 Å². The van der Waals surface area contributed by atoms with Crippen LogP contribution >= 0.6 is 24.8 Å². The van der Waals surface area contributed by atoms with Crippen molar-refractivity contribution in [1.29, 1.82) is 0 Å². The van der Waals surface area contributed by atoms with Gasteiger partial charge in [0.05, 0.1) is 24.0 Å². The van der Waals surface area contributed by atoms with E-state index in [-0.39, 0.29) is 36.5 Å². The minimum absolute atomic E-state index is 0. The lowest BCUT2D eigenvalue weighted by Gasteiger charge is -2.15. The summed E-state index contributed by atoms with van der Waals surface area (Å²) in [5.41, 5.74) is 10.4. The van der Waals surface area contributed by atoms with Crippen LogP contribution in [0, 0.1) is 0 Å². The van der Waals surface area contributed by atoms with Gasteiger partial charge in [-0.2, -0.15) is 0 Å². The van der Waals surface area contributed by atoms with E-state index in [9.17, 15) is 18.3 Å². The molecule has 0 heterocycles. The van der Waals surface area contributed by atoms with Crippen LogP contribution in [-0.2, 0) is 16.4 Å². The minimum atomic E-state index is -3.69. The number of nitrogens with two attached hydrogens (primary N) is 1. The number of halogens is 2. The van der Waals surface area contributed by atoms with Crippen LogP contribution in [0.5, 0.6) is 5.75 Å². The highest BCUT2D eigenvalue weighted by molar-refractivity contribution is 7.89. The van der Waals surface area contributed by atoms with Crippen molar-refractivity contribution >= 4 is 46.4 Å². The number of aliphatic hydroxyl groups excluding tert-OH is 1. The summed E-state index contributed by atoms with van der Waals surface area (Å²) in [6, 6.07) is 20.5. The molecule has 1 amide bonds. The number of aryl methyl sites for hydroxylation is 1. The Bertz CT molecular complexity index is 1300. The molecule has 11 heteroatoms. The van der Waals surface area contributed by atoms with Gasteiger partial charge in [0.1, 0.15) is 5.75 Å². The molecule has 0 bridgehead atoms. The predicted octanol–water partition coefficient (Wildman–Crippen LogP) is 4.51. The summed E-state index contributed by atoms with van der Waals surface area (Å²) in [7, 11) is -3.69. The summed E-state index contributed by atoms with van der Waals surface area (Å²) < 4.78 is 30.8. The fraction of sp³-hybridized carbons (Fsp3) is 0.321. The predicted molar refractivity (Wildman–Crippen MR) is 161 cm³/mol. The van der Waals surface area contributed by atoms with Crippen LogP contribution in [0.1, 0.15) is 47.9 Å². The molecule has 0 aromatic heterocycles. The van der Waals surface area contributed by atoms with Gasteiger partial charge in [-0.3, -0.25) is 4.79 Å². The first kappa shape index (κ1) is 34.2. The van der Waals surface area contributed by atoms with Gasteiger partial charge in [-0.15, -0.1) is 24.8 Å². The average Bonchev–Trinajstić information content (AvgIpc) is 2.83. The standard InChI is InChI=1S/C28H35N3O5S.2ClH/c1-19(2)36-27-17-23(12-15-25(27)28(33)31-37(3,34)35)21-8-6-20(7-9-21)5-4-16-30-18-26(32)22-10-13-24(29)14-11-22;;/h6-15,17,19,26,30,32H,4-5,16,18,29H2,1-3H3,(H,31,33);2*1H/t26-;;/m1../s1. The molecule has 0 saturated heterocycles. The van der Waals surface area contributed by atoms with Crippen molar-refractivity contribution in [3.8, 4) is 16.9 Å². The lowest BCUT2D eigenvalue weighted by Crippen LogP contribution is -2.30. The smallest absolute Gasteiger partial charge is 0.268 e. The van der Waals surface area contributed by atoms with Gasteiger partial charge < -0.3 is 20.9 Å². The van der Waals surface area contributed by atoms with E-state index in [2.05, 4.69) is 17.4 Å². The van der Waals surface area contributed by atoms with E-state index in [1.54, 1.807) is 30.3 Å². The van der Waals surface area contributed by atoms with Gasteiger partial charge in [0.2, 0.25) is 10.0 Å². The van der Waals surface area contributed by atoms with E-state index in [0.717, 1.165) is 42.3 Å². The molecule has 3 aromatic carbocycles. The molecule has 39 heavy (non-hydrogen) atoms. The molecule has 0 fully saturated rings. The number of sulfonamides is 1. The van der Waals surface area contributed by atoms with Crippen molar-refractivity contribution in [1.82, 2.24) is 10.0 Å². The van der Waals surface area contributed by atoms with Gasteiger partial charge in [-0.1, -0.05) is 42.5 Å². The van der Waals surface area contributed by atoms with E-state index < -0.39 is 22.0 Å². The highest BCUT2D eigenvalue weighted by atomic mass is 35.5. The van der Waals surface area contributed by atoms with Crippen molar-refractivity contribution in [2.75, 3.05) is 25.1 Å². The number of amides is 1. The number of hydrogen-bond donors (Lipinski definition) is 4. The lowest BCUT2D eigenvalue weighted by molar-refractivity contribution is 0.0976. The zero-order valence-electron chi connectivity index (χ0n) is 22.2. The van der Waals surface area contributed by atoms with E-state index in [1.807, 2.05) is 42.8 Å². The normalized spacial score (nSPS) is 11.7. The maximum atomic E-state index is 12.4. The molecule has 5 N–H and O–H groups in total. The summed E-state index contributed by atoms with van der Waals surface area (Å²) in [5, 5.41) is 13.6. The Morgan fingerprint density at radius 2 is 1.59 bits per heavy atom. The number of nitrogens with one attached hydrogen (secondary N) is 2. The second kappa shape index (κ2) is 15.7. The first-order valence-corrected chi connectivity index (χ1v) is 14.1. The Hall–Kier alpha value is -2.82. The quantitative estimate of drug-likeness (QED) is 0.178. The molecule has 1 atom stereocenters. The van der Waals surface area contributed by atoms with E-state index in [0.29, 0.717) is 18.0 Å². The minimum Gasteiger partial charge on any atom is -0.490 e. The number of ether oxygens (including phenoxy) is 1. The van der Waals surface area contributed by atoms with Crippen molar-refractivity contribution in [2.45, 2.75) is 38.9 Å². The van der Waals surface area contributed by atoms with E-state index >= 15 is 0 Å². The summed E-state index contributed by atoms with van der Waals surface area (Å²) >= 11 is 0. The Kier molecular flexibility index (Phi) is 13.8. The first-order chi connectivity index (χ1) is 17.5. The number of benzene rings is 3. The molecule has 0 radical (unpaired) electrons. The van der Waals surface area contributed by atoms with Gasteiger partial charge in [0.25, 0.3) is 5.91 Å². The number of aliphatic hydroxyl groups is 1. The Balaban J connectivity index is 0.00000380. The summed E-state index contributed by atoms with van der Waals surface area (Å²) in [6.07, 6.45) is 1.98. The van der Waals surface area contributed by atoms with E-state index in [4.69, 9.17) is 10.5 Å². The molecule has 0 saturated carbocycles. The molecule has 3 rings (SSSR count). The average molecular weight is 599 g/mol. The fourth-order valence-electron chi connectivity index (χ4n) is 3.82. The van der Waals surface area contributed by atoms with Crippen LogP contribution in [0.15, 0.2) is 66.7 Å². The SMILES string of the molecule is CC(C)Oc1cc(-c2ccc(CCCNC[C@@H](O)c3ccc(N)cc3)cc2)ccc1C(=O)NS(C)(=O)=O.Cl.Cl. The fourth-order valence-corrected chi connectivity index (χ4v) is 4.27. The monoisotopic (exact) mass is 597 g/mol. The van der Waals surface area contributed by atoms with Crippen LogP contribution < -0.4 is 20.5 Å². The van der Waals surface area contributed by atoms with Crippen LogP contribution in [0.3, 0.4) is 0 Å². The van der Waals surface area contributed by atoms with Crippen molar-refractivity contribution < 1.29 is 23.1 Å². The zero-order chi connectivity index (χ0) is 27.0. The third-order valence-corrected chi connectivity index (χ3v) is 6.19. The van der Waals surface area contributed by atoms with Gasteiger partial charge in [0, 0.05) is 12.2 Å². The number of carbonyl (C=O) groups excluding carboxylic acids is 1. The molecule has 0 aliphatic rings. The van der Waals surface area contributed by atoms with E-state index in [1.165, 1.54) is 5.56 Å². The molecule has 0 aliphatic heterocycles. The molecule has 0 aliphatic carbocycles. The van der Waals surface area contributed by atoms with Gasteiger partial charge in [0.15, 0.2) is 0 Å². The highest BCUT2D eigenvalue weighted by Crippen LogP contribution is 2.29. The maximum Gasteiger partial charge on any atom is 0.268 e. The van der Waals surface area contributed by atoms with Gasteiger partial charge >= 0.3 is 0 Å². The summed E-state index contributed by atoms with van der Waals surface area (Å²) in [5.74, 6) is -0.403. The molecule has 8 nitrogen and oxygen atoms in total. The van der Waals surface area contributed by atoms with Crippen LogP contribution in [0.4, 0.5) is 5.69 Å². The van der Waals surface area contributed by atoms with Gasteiger partial charge in [-0.25, -0.2) is 13.1 Å². The molecule has 214 valence electrons. The number of carbonyl (C=O) groups is 1. The van der Waals surface area contributed by atoms with Crippen LogP contribution in [0.2, 0.25) is 0 Å². The second-order valence-electron chi connectivity index (χ2n) is 9.27. The molecular weight excluding hydrogens is 561 g/mol. The summed E-state index contributed by atoms with van der Waals surface area (Å²) in [6.45, 7) is 4.93. The number of anilines is 1. The van der Waals surface area contributed by atoms with Crippen LogP contribution in [0.25, 0.3) is 11.1 Å². The number of nitrogen functional groups attached to an aromatic ring is 1. The number of hydrogen-bond acceptors (Lipinski definition) is 7. The second-order valence-corrected chi connectivity index (χ2v) is 11.0. The van der Waals surface area contributed by atoms with Crippen molar-refractivity contribution in [3.05, 3.63) is 83.4 Å². The third-order valence-electron chi connectivity index (χ3n) is 5.63. The molecule has 0 unspecified atom stereocenters. The molecular formula is C28H37Cl2N3O5S.